The molecule has 21 heavy (non-hydrogen) atoms. The standard InChI is InChI=1S/C16H23NO4/c1-18-14-5-4-12(16-10-17-6-8-20-16)9-15(14)21-13-3-2-7-19-11-13/h4-5,9,13,16-17H,2-3,6-8,10-11H2,1H3. The number of ether oxygens (including phenoxy) is 4. The molecule has 2 aliphatic rings. The van der Waals surface area contributed by atoms with Crippen LogP contribution >= 0.6 is 0 Å². The molecule has 2 unspecified atom stereocenters. The third kappa shape index (κ3) is 3.67. The van der Waals surface area contributed by atoms with Crippen LogP contribution in [-0.4, -0.2) is 46.1 Å². The fourth-order valence-corrected chi connectivity index (χ4v) is 2.75. The SMILES string of the molecule is COc1ccc(C2CNCCO2)cc1OC1CCCOC1. The molecule has 0 radical (unpaired) electrons. The first kappa shape index (κ1) is 14.6. The van der Waals surface area contributed by atoms with Crippen molar-refractivity contribution in [3.05, 3.63) is 23.8 Å². The molecule has 0 saturated carbocycles. The van der Waals surface area contributed by atoms with Gasteiger partial charge in [0.25, 0.3) is 0 Å². The molecule has 0 aliphatic carbocycles. The van der Waals surface area contributed by atoms with E-state index in [0.717, 1.165) is 56.2 Å². The molecule has 2 heterocycles. The van der Waals surface area contributed by atoms with Gasteiger partial charge in [-0.05, 0) is 30.5 Å². The van der Waals surface area contributed by atoms with Crippen LogP contribution in [0.2, 0.25) is 0 Å². The Morgan fingerprint density at radius 3 is 2.90 bits per heavy atom. The molecular formula is C16H23NO4. The van der Waals surface area contributed by atoms with Gasteiger partial charge in [0.15, 0.2) is 11.5 Å². The fourth-order valence-electron chi connectivity index (χ4n) is 2.75. The van der Waals surface area contributed by atoms with Gasteiger partial charge in [0, 0.05) is 19.7 Å². The third-order valence-corrected chi connectivity index (χ3v) is 3.90. The Hall–Kier alpha value is -1.30. The van der Waals surface area contributed by atoms with Gasteiger partial charge in [-0.15, -0.1) is 0 Å². The molecule has 1 N–H and O–H groups in total. The van der Waals surface area contributed by atoms with Crippen LogP contribution in [0.4, 0.5) is 0 Å². The Kier molecular flexibility index (Phi) is 4.95. The van der Waals surface area contributed by atoms with Crippen molar-refractivity contribution in [2.24, 2.45) is 0 Å². The predicted octanol–water partition coefficient (Wildman–Crippen LogP) is 1.91. The van der Waals surface area contributed by atoms with E-state index < -0.39 is 0 Å². The zero-order valence-electron chi connectivity index (χ0n) is 12.5. The highest BCUT2D eigenvalue weighted by atomic mass is 16.5. The van der Waals surface area contributed by atoms with Gasteiger partial charge in [-0.25, -0.2) is 0 Å². The maximum atomic E-state index is 6.08. The van der Waals surface area contributed by atoms with Crippen LogP contribution in [0, 0.1) is 0 Å². The zero-order chi connectivity index (χ0) is 14.5. The molecule has 2 saturated heterocycles. The molecule has 116 valence electrons. The lowest BCUT2D eigenvalue weighted by molar-refractivity contribution is 0.00577. The lowest BCUT2D eigenvalue weighted by atomic mass is 10.1. The molecule has 2 atom stereocenters. The maximum Gasteiger partial charge on any atom is 0.162 e. The van der Waals surface area contributed by atoms with Gasteiger partial charge in [0.2, 0.25) is 0 Å². The Morgan fingerprint density at radius 2 is 2.19 bits per heavy atom. The second-order valence-corrected chi connectivity index (χ2v) is 5.43. The number of nitrogens with one attached hydrogen (secondary N) is 1. The molecule has 0 amide bonds. The molecule has 5 heteroatoms. The van der Waals surface area contributed by atoms with Crippen LogP contribution in [0.15, 0.2) is 18.2 Å². The number of hydrogen-bond acceptors (Lipinski definition) is 5. The Bertz CT molecular complexity index is 454. The fraction of sp³-hybridized carbons (Fsp3) is 0.625. The lowest BCUT2D eigenvalue weighted by Crippen LogP contribution is -2.33. The molecule has 2 fully saturated rings. The summed E-state index contributed by atoms with van der Waals surface area (Å²) in [6.45, 7) is 3.96. The molecule has 3 rings (SSSR count). The van der Waals surface area contributed by atoms with E-state index in [1.165, 1.54) is 0 Å². The average molecular weight is 293 g/mol. The van der Waals surface area contributed by atoms with Crippen molar-refractivity contribution in [1.29, 1.82) is 0 Å². The molecule has 0 bridgehead atoms. The average Bonchev–Trinajstić information content (AvgIpc) is 2.56. The van der Waals surface area contributed by atoms with Gasteiger partial charge in [-0.2, -0.15) is 0 Å². The highest BCUT2D eigenvalue weighted by Crippen LogP contribution is 2.33. The van der Waals surface area contributed by atoms with Crippen molar-refractivity contribution in [2.45, 2.75) is 25.0 Å². The van der Waals surface area contributed by atoms with Crippen molar-refractivity contribution in [1.82, 2.24) is 5.32 Å². The van der Waals surface area contributed by atoms with E-state index in [4.69, 9.17) is 18.9 Å². The van der Waals surface area contributed by atoms with E-state index in [1.54, 1.807) is 7.11 Å². The van der Waals surface area contributed by atoms with Crippen LogP contribution in [-0.2, 0) is 9.47 Å². The van der Waals surface area contributed by atoms with Crippen molar-refractivity contribution >= 4 is 0 Å². The minimum Gasteiger partial charge on any atom is -0.493 e. The van der Waals surface area contributed by atoms with Crippen LogP contribution in [0.25, 0.3) is 0 Å². The number of morpholine rings is 1. The smallest absolute Gasteiger partial charge is 0.162 e. The monoisotopic (exact) mass is 293 g/mol. The molecule has 0 spiro atoms. The number of rotatable bonds is 4. The van der Waals surface area contributed by atoms with Gasteiger partial charge in [0.05, 0.1) is 26.4 Å². The zero-order valence-corrected chi connectivity index (χ0v) is 12.5. The van der Waals surface area contributed by atoms with E-state index in [-0.39, 0.29) is 12.2 Å². The Morgan fingerprint density at radius 1 is 1.24 bits per heavy atom. The van der Waals surface area contributed by atoms with E-state index in [2.05, 4.69) is 5.32 Å². The van der Waals surface area contributed by atoms with Crippen molar-refractivity contribution < 1.29 is 18.9 Å². The first-order chi connectivity index (χ1) is 10.4. The Balaban J connectivity index is 1.75. The maximum absolute atomic E-state index is 6.08. The highest BCUT2D eigenvalue weighted by molar-refractivity contribution is 5.44. The lowest BCUT2D eigenvalue weighted by Gasteiger charge is -2.27. The summed E-state index contributed by atoms with van der Waals surface area (Å²) >= 11 is 0. The quantitative estimate of drug-likeness (QED) is 0.919. The second kappa shape index (κ2) is 7.11. The van der Waals surface area contributed by atoms with E-state index in [9.17, 15) is 0 Å². The predicted molar refractivity (Wildman–Crippen MR) is 79.0 cm³/mol. The summed E-state index contributed by atoms with van der Waals surface area (Å²) in [4.78, 5) is 0. The first-order valence-corrected chi connectivity index (χ1v) is 7.61. The molecule has 0 aromatic heterocycles. The molecule has 1 aromatic carbocycles. The first-order valence-electron chi connectivity index (χ1n) is 7.61. The number of benzene rings is 1. The third-order valence-electron chi connectivity index (χ3n) is 3.90. The van der Waals surface area contributed by atoms with Gasteiger partial charge in [0.1, 0.15) is 6.10 Å². The van der Waals surface area contributed by atoms with Gasteiger partial charge < -0.3 is 24.3 Å². The summed E-state index contributed by atoms with van der Waals surface area (Å²) in [5.41, 5.74) is 1.12. The topological polar surface area (TPSA) is 49.0 Å². The molecular weight excluding hydrogens is 270 g/mol. The Labute approximate surface area is 125 Å². The summed E-state index contributed by atoms with van der Waals surface area (Å²) in [6, 6.07) is 6.03. The van der Waals surface area contributed by atoms with Crippen LogP contribution in [0.1, 0.15) is 24.5 Å². The van der Waals surface area contributed by atoms with Gasteiger partial charge in [-0.1, -0.05) is 6.07 Å². The van der Waals surface area contributed by atoms with Crippen molar-refractivity contribution in [2.75, 3.05) is 40.0 Å². The van der Waals surface area contributed by atoms with Crippen LogP contribution in [0.5, 0.6) is 11.5 Å². The largest absolute Gasteiger partial charge is 0.493 e. The van der Waals surface area contributed by atoms with Gasteiger partial charge >= 0.3 is 0 Å². The minimum absolute atomic E-state index is 0.0783. The van der Waals surface area contributed by atoms with Crippen LogP contribution < -0.4 is 14.8 Å². The number of hydrogen-bond donors (Lipinski definition) is 1. The normalized spacial score (nSPS) is 26.3. The van der Waals surface area contributed by atoms with Crippen LogP contribution in [0.3, 0.4) is 0 Å². The summed E-state index contributed by atoms with van der Waals surface area (Å²) in [7, 11) is 1.66. The van der Waals surface area contributed by atoms with E-state index in [0.29, 0.717) is 6.61 Å². The molecule has 2 aliphatic heterocycles. The van der Waals surface area contributed by atoms with E-state index in [1.807, 2.05) is 18.2 Å². The number of methoxy groups -OCH3 is 1. The van der Waals surface area contributed by atoms with Crippen molar-refractivity contribution in [3.8, 4) is 11.5 Å². The summed E-state index contributed by atoms with van der Waals surface area (Å²) in [5.74, 6) is 1.53. The van der Waals surface area contributed by atoms with Crippen molar-refractivity contribution in [3.63, 3.8) is 0 Å². The molecule has 1 aromatic rings. The highest BCUT2D eigenvalue weighted by Gasteiger charge is 2.21. The second-order valence-electron chi connectivity index (χ2n) is 5.43. The summed E-state index contributed by atoms with van der Waals surface area (Å²) in [6.07, 6.45) is 2.25. The van der Waals surface area contributed by atoms with Gasteiger partial charge in [-0.3, -0.25) is 0 Å². The summed E-state index contributed by atoms with van der Waals surface area (Å²) < 4.78 is 22.8. The molecule has 5 nitrogen and oxygen atoms in total. The van der Waals surface area contributed by atoms with E-state index >= 15 is 0 Å². The summed E-state index contributed by atoms with van der Waals surface area (Å²) in [5, 5.41) is 3.35. The minimum atomic E-state index is 0.0783.